The predicted octanol–water partition coefficient (Wildman–Crippen LogP) is -0.391. The van der Waals surface area contributed by atoms with Crippen LogP contribution < -0.4 is 0 Å². The fourth-order valence-corrected chi connectivity index (χ4v) is 0. The van der Waals surface area contributed by atoms with Gasteiger partial charge in [0.2, 0.25) is 0 Å². The second-order valence-corrected chi connectivity index (χ2v) is 0. The Labute approximate surface area is 94.1 Å². The van der Waals surface area contributed by atoms with Gasteiger partial charge in [0.05, 0.1) is 0 Å². The summed E-state index contributed by atoms with van der Waals surface area (Å²) < 4.78 is 0. The zero-order valence-corrected chi connectivity index (χ0v) is 10.1. The molecule has 0 aliphatic heterocycles. The largest absolute Gasteiger partial charge is 0 e. The molecule has 0 aromatic heterocycles. The van der Waals surface area contributed by atoms with Gasteiger partial charge in [0, 0.05) is 95.7 Å². The first-order valence-corrected chi connectivity index (χ1v) is 0. The Hall–Kier alpha value is 2.87. The molecule has 0 amide bonds. The van der Waals surface area contributed by atoms with Gasteiger partial charge in [-0.1, -0.05) is 0 Å². The fourth-order valence-electron chi connectivity index (χ4n) is 0. The van der Waals surface area contributed by atoms with Gasteiger partial charge >= 0.3 is 0 Å². The average molecular weight is 398 g/mol. The molecule has 5 heavy (non-hydrogen) atoms. The molecule has 4 radical (unpaired) electrons. The molecule has 0 heterocycles. The van der Waals surface area contributed by atoms with E-state index in [0.29, 0.717) is 0 Å². The van der Waals surface area contributed by atoms with Crippen molar-refractivity contribution in [2.24, 2.45) is 0 Å². The molecule has 0 aromatic carbocycles. The molecule has 0 aliphatic rings. The minimum absolute atomic E-state index is 0. The molecule has 0 atom stereocenters. The van der Waals surface area contributed by atoms with Crippen LogP contribution in [0.2, 0.25) is 0 Å². The molecule has 0 N–H and O–H groups in total. The molecule has 0 spiro atoms. The van der Waals surface area contributed by atoms with Crippen molar-refractivity contribution in [1.82, 2.24) is 0 Å². The first-order valence-electron chi connectivity index (χ1n) is 0. The predicted molar refractivity (Wildman–Crippen MR) is 5.75 cm³/mol. The quantitative estimate of drug-likeness (QED) is 0.488. The molecule has 0 saturated carbocycles. The van der Waals surface area contributed by atoms with Crippen molar-refractivity contribution in [3.05, 3.63) is 0 Å². The molecule has 0 rings (SSSR count). The summed E-state index contributed by atoms with van der Waals surface area (Å²) in [6, 6.07) is 0. The Morgan fingerprint density at radius 1 is 1.00 bits per heavy atom. The van der Waals surface area contributed by atoms with E-state index in [1.54, 1.807) is 0 Å². The summed E-state index contributed by atoms with van der Waals surface area (Å²) in [7, 11) is 0. The number of rotatable bonds is 0. The van der Waals surface area contributed by atoms with Crippen LogP contribution in [-0.4, -0.2) is 8.41 Å². The van der Waals surface area contributed by atoms with Crippen LogP contribution in [0.4, 0.5) is 0 Å². The van der Waals surface area contributed by atoms with E-state index in [4.69, 9.17) is 0 Å². The second-order valence-electron chi connectivity index (χ2n) is 0. The standard InChI is InChI=1S/B.Fe.Ni.W.Y. The van der Waals surface area contributed by atoms with Crippen LogP contribution in [0.3, 0.4) is 0 Å². The average Bonchev–Trinajstić information content (AvgIpc) is 0. The summed E-state index contributed by atoms with van der Waals surface area (Å²) in [5.74, 6) is 0. The van der Waals surface area contributed by atoms with Crippen molar-refractivity contribution in [2.45, 2.75) is 0 Å². The molecule has 0 bridgehead atoms. The van der Waals surface area contributed by atoms with Crippen LogP contribution in [0.5, 0.6) is 0 Å². The maximum Gasteiger partial charge on any atom is 0 e. The molecule has 0 aliphatic carbocycles. The van der Waals surface area contributed by atoms with Gasteiger partial charge in [-0.15, -0.1) is 0 Å². The van der Waals surface area contributed by atoms with Gasteiger partial charge < -0.3 is 0 Å². The van der Waals surface area contributed by atoms with Crippen LogP contribution in [0.15, 0.2) is 0 Å². The normalized spacial score (nSPS) is 0. The van der Waals surface area contributed by atoms with Gasteiger partial charge in [-0.2, -0.15) is 0 Å². The van der Waals surface area contributed by atoms with Gasteiger partial charge in [0.1, 0.15) is 0 Å². The van der Waals surface area contributed by atoms with E-state index >= 15 is 0 Å². The van der Waals surface area contributed by atoms with Crippen LogP contribution in [0.1, 0.15) is 0 Å². The maximum absolute atomic E-state index is 0. The third-order valence-electron chi connectivity index (χ3n) is 0. The summed E-state index contributed by atoms with van der Waals surface area (Å²) in [5, 5.41) is 0. The molecular formula is BFeNiWY. The Balaban J connectivity index is 0. The minimum Gasteiger partial charge on any atom is 0 e. The smallest absolute Gasteiger partial charge is 0 e. The Morgan fingerprint density at radius 2 is 1.00 bits per heavy atom. The van der Waals surface area contributed by atoms with E-state index in [2.05, 4.69) is 0 Å². The third-order valence-corrected chi connectivity index (χ3v) is 0. The van der Waals surface area contributed by atoms with E-state index in [0.717, 1.165) is 0 Å². The monoisotopic (exact) mass is 398 g/mol. The Morgan fingerprint density at radius 3 is 1.00 bits per heavy atom. The first kappa shape index (κ1) is 45.1. The minimum atomic E-state index is 0. The summed E-state index contributed by atoms with van der Waals surface area (Å²) in [6.07, 6.45) is 0. The maximum atomic E-state index is 0. The van der Waals surface area contributed by atoms with E-state index < -0.39 is 0 Å². The van der Waals surface area contributed by atoms with Gasteiger partial charge in [-0.05, 0) is 0 Å². The molecule has 0 aromatic rings. The molecule has 0 fully saturated rings. The molecule has 30 valence electrons. The van der Waals surface area contributed by atoms with Crippen LogP contribution >= 0.6 is 0 Å². The first-order chi connectivity index (χ1) is 0. The Kier molecular flexibility index (Phi) is 259. The van der Waals surface area contributed by atoms with E-state index in [1.165, 1.54) is 0 Å². The van der Waals surface area contributed by atoms with Crippen LogP contribution in [0.25, 0.3) is 0 Å². The zero-order chi connectivity index (χ0) is 0. The fraction of sp³-hybridized carbons (Fsp3) is 0. The van der Waals surface area contributed by atoms with Crippen molar-refractivity contribution in [1.29, 1.82) is 0 Å². The summed E-state index contributed by atoms with van der Waals surface area (Å²) in [4.78, 5) is 0. The van der Waals surface area contributed by atoms with Crippen molar-refractivity contribution in [3.63, 3.8) is 0 Å². The van der Waals surface area contributed by atoms with Crippen molar-refractivity contribution in [3.8, 4) is 0 Å². The summed E-state index contributed by atoms with van der Waals surface area (Å²) >= 11 is 0. The molecule has 0 saturated heterocycles. The van der Waals surface area contributed by atoms with Crippen molar-refractivity contribution >= 4 is 8.41 Å². The van der Waals surface area contributed by atoms with Crippen molar-refractivity contribution < 1.29 is 87.3 Å². The number of hydrogen-bond acceptors (Lipinski definition) is 0. The third kappa shape index (κ3) is 19.8. The van der Waals surface area contributed by atoms with Crippen molar-refractivity contribution in [2.75, 3.05) is 0 Å². The molecule has 0 unspecified atom stereocenters. The summed E-state index contributed by atoms with van der Waals surface area (Å²) in [5.41, 5.74) is 0. The molecule has 5 heteroatoms. The van der Waals surface area contributed by atoms with Crippen LogP contribution in [-0.2, 0) is 87.3 Å². The van der Waals surface area contributed by atoms with E-state index in [9.17, 15) is 0 Å². The number of hydrogen-bond donors (Lipinski definition) is 0. The SMILES string of the molecule is [B].[Fe].[Ni].[W].[Y]. The molecular weight excluding hydrogens is 398 g/mol. The second kappa shape index (κ2) is 28.7. The molecule has 0 nitrogen and oxygen atoms in total. The van der Waals surface area contributed by atoms with Gasteiger partial charge in [-0.3, -0.25) is 0 Å². The van der Waals surface area contributed by atoms with Crippen LogP contribution in [0, 0.1) is 0 Å². The van der Waals surface area contributed by atoms with E-state index in [-0.39, 0.29) is 95.7 Å². The Bertz CT molecular complexity index is 11.6. The van der Waals surface area contributed by atoms with Gasteiger partial charge in [0.15, 0.2) is 0 Å². The van der Waals surface area contributed by atoms with E-state index in [1.807, 2.05) is 0 Å². The topological polar surface area (TPSA) is 0 Å². The van der Waals surface area contributed by atoms with Gasteiger partial charge in [-0.25, -0.2) is 0 Å². The zero-order valence-electron chi connectivity index (χ0n) is 2.23. The van der Waals surface area contributed by atoms with Gasteiger partial charge in [0.25, 0.3) is 0 Å². The summed E-state index contributed by atoms with van der Waals surface area (Å²) in [6.45, 7) is 0.